The number of urea groups is 1. The molecule has 1 saturated carbocycles. The van der Waals surface area contributed by atoms with Crippen molar-refractivity contribution in [1.82, 2.24) is 20.4 Å². The van der Waals surface area contributed by atoms with Crippen LogP contribution in [0.1, 0.15) is 44.2 Å². The first-order valence-electron chi connectivity index (χ1n) is 12.4. The first kappa shape index (κ1) is 25.8. The third kappa shape index (κ3) is 4.21. The zero-order chi connectivity index (χ0) is 27.4. The van der Waals surface area contributed by atoms with E-state index in [4.69, 9.17) is 4.74 Å². The van der Waals surface area contributed by atoms with E-state index in [1.54, 1.807) is 13.0 Å². The second-order valence-corrected chi connectivity index (χ2v) is 10.1. The fraction of sp³-hybridized carbons (Fsp3) is 0.462. The van der Waals surface area contributed by atoms with Gasteiger partial charge in [-0.1, -0.05) is 6.08 Å². The van der Waals surface area contributed by atoms with Crippen molar-refractivity contribution in [1.29, 1.82) is 0 Å². The van der Waals surface area contributed by atoms with Crippen LogP contribution in [0.15, 0.2) is 35.6 Å². The number of rotatable bonds is 4. The molecule has 38 heavy (non-hydrogen) atoms. The maximum absolute atomic E-state index is 13.9. The third-order valence-corrected chi connectivity index (χ3v) is 7.89. The summed E-state index contributed by atoms with van der Waals surface area (Å²) in [6.07, 6.45) is 4.26. The van der Waals surface area contributed by atoms with Gasteiger partial charge in [0.05, 0.1) is 18.3 Å². The summed E-state index contributed by atoms with van der Waals surface area (Å²) in [6.45, 7) is 1.54. The first-order valence-corrected chi connectivity index (χ1v) is 12.4. The van der Waals surface area contributed by atoms with E-state index in [-0.39, 0.29) is 36.2 Å². The van der Waals surface area contributed by atoms with E-state index < -0.39 is 53.0 Å². The summed E-state index contributed by atoms with van der Waals surface area (Å²) in [7, 11) is 1.43. The number of nitrogens with one attached hydrogen (secondary N) is 2. The highest BCUT2D eigenvalue weighted by Crippen LogP contribution is 2.48. The summed E-state index contributed by atoms with van der Waals surface area (Å²) >= 11 is 0. The van der Waals surface area contributed by atoms with Crippen molar-refractivity contribution >= 4 is 23.8 Å². The number of benzene rings is 1. The lowest BCUT2D eigenvalue weighted by Gasteiger charge is -2.31. The molecular formula is C26H27F3N4O5. The number of likely N-dealkylation sites (tertiary alicyclic amines) is 1. The van der Waals surface area contributed by atoms with Crippen LogP contribution >= 0.6 is 0 Å². The summed E-state index contributed by atoms with van der Waals surface area (Å²) in [5.74, 6) is -5.49. The van der Waals surface area contributed by atoms with Gasteiger partial charge in [-0.05, 0) is 62.0 Å². The van der Waals surface area contributed by atoms with Crippen LogP contribution in [0.5, 0.6) is 0 Å². The van der Waals surface area contributed by atoms with Crippen LogP contribution in [0.4, 0.5) is 22.8 Å². The van der Waals surface area contributed by atoms with Gasteiger partial charge in [0, 0.05) is 19.0 Å². The molecule has 2 N–H and O–H groups in total. The Hall–Kier alpha value is -3.83. The van der Waals surface area contributed by atoms with Crippen molar-refractivity contribution in [2.45, 2.75) is 50.3 Å². The van der Waals surface area contributed by atoms with Crippen molar-refractivity contribution in [3.8, 4) is 0 Å². The second-order valence-electron chi connectivity index (χ2n) is 10.1. The van der Waals surface area contributed by atoms with Crippen molar-refractivity contribution in [3.63, 3.8) is 0 Å². The summed E-state index contributed by atoms with van der Waals surface area (Å²) in [6, 6.07) is 0.341. The number of carbonyl (C=O) groups excluding carboxylic acids is 4. The smallest absolute Gasteiger partial charge is 0.411 e. The van der Waals surface area contributed by atoms with E-state index >= 15 is 0 Å². The van der Waals surface area contributed by atoms with E-state index in [1.807, 2.05) is 0 Å². The molecule has 5 rings (SSSR count). The van der Waals surface area contributed by atoms with Gasteiger partial charge in [0.15, 0.2) is 28.8 Å². The van der Waals surface area contributed by atoms with Gasteiger partial charge < -0.3 is 20.3 Å². The molecule has 4 aliphatic rings. The number of hydrogen-bond acceptors (Lipinski definition) is 5. The number of amides is 4. The van der Waals surface area contributed by atoms with Crippen LogP contribution in [0.2, 0.25) is 0 Å². The Morgan fingerprint density at radius 2 is 1.82 bits per heavy atom. The minimum Gasteiger partial charge on any atom is -0.436 e. The van der Waals surface area contributed by atoms with Crippen LogP contribution in [0.3, 0.4) is 0 Å². The second kappa shape index (κ2) is 9.48. The minimum atomic E-state index is -1.57. The molecule has 1 spiro atoms. The lowest BCUT2D eigenvalue weighted by molar-refractivity contribution is -0.134. The average molecular weight is 533 g/mol. The standard InChI is InChI=1S/C26H27F3N4O5/c1-13-3-6-20(14-9-17(27)22(29)18(28)10-14)33(13)21(34)11-32-12-26(38-25(32)37)8-7-15-16(26)4-5-19(23(15)35)31-24(36)30-2/h4-5,9-10,13,15,20H,3,6-8,11-12H2,1-2H3,(H2,30,31,36)/t13-,15?,20+,26+/m1/s1. The molecule has 2 aliphatic heterocycles. The number of nitrogens with zero attached hydrogens (tertiary/aromatic N) is 2. The van der Waals surface area contributed by atoms with Crippen molar-refractivity contribution in [2.24, 2.45) is 5.92 Å². The molecule has 0 radical (unpaired) electrons. The Bertz CT molecular complexity index is 1270. The van der Waals surface area contributed by atoms with Crippen LogP contribution < -0.4 is 10.6 Å². The highest BCUT2D eigenvalue weighted by molar-refractivity contribution is 6.03. The molecule has 4 amide bonds. The first-order chi connectivity index (χ1) is 18.0. The molecule has 0 aromatic heterocycles. The molecule has 2 heterocycles. The maximum Gasteiger partial charge on any atom is 0.411 e. The molecular weight excluding hydrogens is 505 g/mol. The van der Waals surface area contributed by atoms with E-state index in [9.17, 15) is 32.3 Å². The maximum atomic E-state index is 13.9. The molecule has 1 unspecified atom stereocenters. The number of carbonyl (C=O) groups is 4. The Labute approximate surface area is 216 Å². The quantitative estimate of drug-likeness (QED) is 0.580. The van der Waals surface area contributed by atoms with Gasteiger partial charge in [-0.2, -0.15) is 0 Å². The highest BCUT2D eigenvalue weighted by atomic mass is 19.2. The molecule has 0 bridgehead atoms. The Morgan fingerprint density at radius 3 is 2.50 bits per heavy atom. The molecule has 12 heteroatoms. The molecule has 202 valence electrons. The summed E-state index contributed by atoms with van der Waals surface area (Å²) < 4.78 is 47.0. The SMILES string of the molecule is CNC(=O)NC1=CC=C2C(CC[C@]23CN(CC(=O)N2[C@H](C)CC[C@H]2c2cc(F)c(F)c(F)c2)C(=O)O3)C1=O. The normalized spacial score (nSPS) is 28.3. The molecule has 3 fully saturated rings. The highest BCUT2D eigenvalue weighted by Gasteiger charge is 2.56. The minimum absolute atomic E-state index is 0.0614. The van der Waals surface area contributed by atoms with Crippen molar-refractivity contribution in [2.75, 3.05) is 20.1 Å². The topological polar surface area (TPSA) is 108 Å². The number of hydrogen-bond donors (Lipinski definition) is 2. The van der Waals surface area contributed by atoms with Crippen molar-refractivity contribution in [3.05, 3.63) is 58.6 Å². The molecule has 1 aromatic carbocycles. The number of ether oxygens (including phenoxy) is 1. The zero-order valence-corrected chi connectivity index (χ0v) is 20.9. The van der Waals surface area contributed by atoms with Gasteiger partial charge in [0.2, 0.25) is 5.91 Å². The van der Waals surface area contributed by atoms with Crippen LogP contribution in [0.25, 0.3) is 0 Å². The summed E-state index contributed by atoms with van der Waals surface area (Å²) in [5.41, 5.74) is -0.143. The molecule has 9 nitrogen and oxygen atoms in total. The third-order valence-electron chi connectivity index (χ3n) is 7.89. The van der Waals surface area contributed by atoms with E-state index in [1.165, 1.54) is 22.9 Å². The largest absolute Gasteiger partial charge is 0.436 e. The molecule has 4 atom stereocenters. The van der Waals surface area contributed by atoms with Gasteiger partial charge in [0.25, 0.3) is 0 Å². The molecule has 2 saturated heterocycles. The Balaban J connectivity index is 1.33. The summed E-state index contributed by atoms with van der Waals surface area (Å²) in [5, 5.41) is 4.89. The Kier molecular flexibility index (Phi) is 6.44. The van der Waals surface area contributed by atoms with Gasteiger partial charge in [-0.25, -0.2) is 22.8 Å². The number of ketones is 1. The van der Waals surface area contributed by atoms with E-state index in [2.05, 4.69) is 10.6 Å². The Morgan fingerprint density at radius 1 is 1.11 bits per heavy atom. The molecule has 1 aromatic rings. The summed E-state index contributed by atoms with van der Waals surface area (Å²) in [4.78, 5) is 53.6. The number of fused-ring (bicyclic) bond motifs is 2. The van der Waals surface area contributed by atoms with Crippen molar-refractivity contribution < 1.29 is 37.1 Å². The zero-order valence-electron chi connectivity index (χ0n) is 20.9. The fourth-order valence-corrected chi connectivity index (χ4v) is 6.05. The fourth-order valence-electron chi connectivity index (χ4n) is 6.05. The van der Waals surface area contributed by atoms with E-state index in [0.717, 1.165) is 12.1 Å². The van der Waals surface area contributed by atoms with Gasteiger partial charge >= 0.3 is 12.1 Å². The number of halogens is 3. The monoisotopic (exact) mass is 532 g/mol. The van der Waals surface area contributed by atoms with Gasteiger partial charge in [-0.3, -0.25) is 14.5 Å². The van der Waals surface area contributed by atoms with Crippen LogP contribution in [-0.2, 0) is 14.3 Å². The molecule has 2 aliphatic carbocycles. The van der Waals surface area contributed by atoms with Gasteiger partial charge in [0.1, 0.15) is 6.54 Å². The number of allylic oxidation sites excluding steroid dienone is 3. The number of Topliss-reactive ketones (excluding diaryl/α,β-unsaturated/α-hetero) is 1. The van der Waals surface area contributed by atoms with Crippen LogP contribution in [0, 0.1) is 23.4 Å². The predicted octanol–water partition coefficient (Wildman–Crippen LogP) is 3.08. The lowest BCUT2D eigenvalue weighted by Crippen LogP contribution is -2.44. The predicted molar refractivity (Wildman–Crippen MR) is 127 cm³/mol. The van der Waals surface area contributed by atoms with Gasteiger partial charge in [-0.15, -0.1) is 0 Å². The van der Waals surface area contributed by atoms with E-state index in [0.29, 0.717) is 31.3 Å². The average Bonchev–Trinajstić information content (AvgIpc) is 3.54. The van der Waals surface area contributed by atoms with Crippen LogP contribution in [-0.4, -0.2) is 65.4 Å². The lowest BCUT2D eigenvalue weighted by atomic mass is 9.85.